The lowest BCUT2D eigenvalue weighted by molar-refractivity contribution is -0.133. The SMILES string of the molecule is CC1(C)Oc2cnc(NC3CCN(S(C)(=O)=O)CC3)nc2N(CC2CCOCC2)C1=O. The zero-order valence-corrected chi connectivity index (χ0v) is 19.2. The van der Waals surface area contributed by atoms with Gasteiger partial charge in [-0.3, -0.25) is 9.69 Å². The van der Waals surface area contributed by atoms with E-state index in [9.17, 15) is 13.2 Å². The summed E-state index contributed by atoms with van der Waals surface area (Å²) in [5, 5.41) is 3.31. The van der Waals surface area contributed by atoms with Crippen LogP contribution in [0, 0.1) is 5.92 Å². The van der Waals surface area contributed by atoms with Gasteiger partial charge in [-0.05, 0) is 45.4 Å². The van der Waals surface area contributed by atoms with Gasteiger partial charge in [-0.25, -0.2) is 17.7 Å². The first-order chi connectivity index (χ1) is 14.6. The molecule has 1 N–H and O–H groups in total. The van der Waals surface area contributed by atoms with E-state index in [2.05, 4.69) is 15.3 Å². The van der Waals surface area contributed by atoms with Gasteiger partial charge in [0.05, 0.1) is 12.5 Å². The molecule has 0 radical (unpaired) electrons. The number of hydrogen-bond acceptors (Lipinski definition) is 8. The van der Waals surface area contributed by atoms with E-state index >= 15 is 0 Å². The molecule has 0 saturated carbocycles. The first kappa shape index (κ1) is 22.2. The van der Waals surface area contributed by atoms with E-state index in [1.807, 2.05) is 0 Å². The number of hydrogen-bond donors (Lipinski definition) is 1. The number of nitrogens with zero attached hydrogens (tertiary/aromatic N) is 4. The quantitative estimate of drug-likeness (QED) is 0.708. The number of anilines is 2. The second-order valence-electron chi connectivity index (χ2n) is 9.05. The van der Waals surface area contributed by atoms with Crippen molar-refractivity contribution in [2.45, 2.75) is 51.2 Å². The van der Waals surface area contributed by atoms with Crippen LogP contribution < -0.4 is 15.0 Å². The number of nitrogens with one attached hydrogen (secondary N) is 1. The molecule has 0 aromatic carbocycles. The molecular formula is C20H31N5O5S. The molecule has 0 spiro atoms. The lowest BCUT2D eigenvalue weighted by atomic mass is 9.97. The molecule has 4 heterocycles. The van der Waals surface area contributed by atoms with E-state index in [-0.39, 0.29) is 11.9 Å². The van der Waals surface area contributed by atoms with Gasteiger partial charge < -0.3 is 14.8 Å². The summed E-state index contributed by atoms with van der Waals surface area (Å²) in [5.41, 5.74) is -0.977. The number of fused-ring (bicyclic) bond motifs is 1. The van der Waals surface area contributed by atoms with Crippen LogP contribution >= 0.6 is 0 Å². The molecule has 1 aromatic rings. The second-order valence-corrected chi connectivity index (χ2v) is 11.0. The van der Waals surface area contributed by atoms with Crippen molar-refractivity contribution in [3.8, 4) is 5.75 Å². The first-order valence-corrected chi connectivity index (χ1v) is 12.7. The molecule has 11 heteroatoms. The van der Waals surface area contributed by atoms with Crippen molar-refractivity contribution in [2.75, 3.05) is 49.3 Å². The summed E-state index contributed by atoms with van der Waals surface area (Å²) in [4.78, 5) is 23.9. The maximum atomic E-state index is 13.1. The summed E-state index contributed by atoms with van der Waals surface area (Å²) >= 11 is 0. The summed E-state index contributed by atoms with van der Waals surface area (Å²) in [6.45, 7) is 6.45. The zero-order valence-electron chi connectivity index (χ0n) is 18.3. The maximum absolute atomic E-state index is 13.1. The number of aromatic nitrogens is 2. The molecular weight excluding hydrogens is 422 g/mol. The Labute approximate surface area is 183 Å². The molecule has 3 aliphatic rings. The van der Waals surface area contributed by atoms with Crippen molar-refractivity contribution in [3.63, 3.8) is 0 Å². The molecule has 1 amide bonds. The highest BCUT2D eigenvalue weighted by atomic mass is 32.2. The normalized spacial score (nSPS) is 23.3. The minimum Gasteiger partial charge on any atom is -0.472 e. The Morgan fingerprint density at radius 1 is 1.19 bits per heavy atom. The summed E-state index contributed by atoms with van der Waals surface area (Å²) in [5.74, 6) is 1.64. The molecule has 0 aliphatic carbocycles. The summed E-state index contributed by atoms with van der Waals surface area (Å²) in [6, 6.07) is 0.0663. The Bertz CT molecular complexity index is 924. The molecule has 10 nitrogen and oxygen atoms in total. The smallest absolute Gasteiger partial charge is 0.271 e. The van der Waals surface area contributed by atoms with Crippen LogP contribution in [0.25, 0.3) is 0 Å². The molecule has 4 rings (SSSR count). The van der Waals surface area contributed by atoms with Gasteiger partial charge in [-0.2, -0.15) is 4.98 Å². The van der Waals surface area contributed by atoms with Gasteiger partial charge in [0.15, 0.2) is 17.2 Å². The van der Waals surface area contributed by atoms with Gasteiger partial charge >= 0.3 is 0 Å². The minimum absolute atomic E-state index is 0.0663. The fraction of sp³-hybridized carbons (Fsp3) is 0.750. The Morgan fingerprint density at radius 3 is 2.52 bits per heavy atom. The van der Waals surface area contributed by atoms with Crippen LogP contribution in [0.2, 0.25) is 0 Å². The van der Waals surface area contributed by atoms with Crippen LogP contribution in [0.3, 0.4) is 0 Å². The molecule has 3 aliphatic heterocycles. The van der Waals surface area contributed by atoms with Crippen LogP contribution in [0.1, 0.15) is 39.5 Å². The average molecular weight is 454 g/mol. The van der Waals surface area contributed by atoms with Crippen LogP contribution in [0.15, 0.2) is 6.20 Å². The van der Waals surface area contributed by atoms with Crippen LogP contribution in [-0.2, 0) is 19.6 Å². The van der Waals surface area contributed by atoms with Crippen LogP contribution in [0.4, 0.5) is 11.8 Å². The third kappa shape index (κ3) is 4.93. The number of ether oxygens (including phenoxy) is 2. The second kappa shape index (κ2) is 8.51. The number of carbonyl (C=O) groups is 1. The molecule has 31 heavy (non-hydrogen) atoms. The van der Waals surface area contributed by atoms with Crippen molar-refractivity contribution in [1.29, 1.82) is 0 Å². The van der Waals surface area contributed by atoms with E-state index in [4.69, 9.17) is 9.47 Å². The Hall–Kier alpha value is -1.98. The van der Waals surface area contributed by atoms with Gasteiger partial charge in [0, 0.05) is 38.9 Å². The fourth-order valence-corrected chi connectivity index (χ4v) is 5.18. The summed E-state index contributed by atoms with van der Waals surface area (Å²) in [6.07, 6.45) is 6.01. The Morgan fingerprint density at radius 2 is 1.87 bits per heavy atom. The molecule has 2 fully saturated rings. The molecule has 2 saturated heterocycles. The van der Waals surface area contributed by atoms with Crippen molar-refractivity contribution in [3.05, 3.63) is 6.20 Å². The molecule has 172 valence electrons. The van der Waals surface area contributed by atoms with E-state index in [0.717, 1.165) is 12.8 Å². The average Bonchev–Trinajstić information content (AvgIpc) is 2.72. The van der Waals surface area contributed by atoms with Crippen molar-refractivity contribution < 1.29 is 22.7 Å². The van der Waals surface area contributed by atoms with E-state index in [1.165, 1.54) is 10.6 Å². The number of amides is 1. The highest BCUT2D eigenvalue weighted by molar-refractivity contribution is 7.88. The predicted molar refractivity (Wildman–Crippen MR) is 116 cm³/mol. The zero-order chi connectivity index (χ0) is 22.2. The number of rotatable bonds is 5. The lowest BCUT2D eigenvalue weighted by Crippen LogP contribution is -2.54. The fourth-order valence-electron chi connectivity index (χ4n) is 4.31. The van der Waals surface area contributed by atoms with Gasteiger partial charge in [-0.1, -0.05) is 0 Å². The van der Waals surface area contributed by atoms with Crippen molar-refractivity contribution in [1.82, 2.24) is 14.3 Å². The number of piperidine rings is 1. The number of sulfonamides is 1. The highest BCUT2D eigenvalue weighted by Crippen LogP contribution is 2.37. The predicted octanol–water partition coefficient (Wildman–Crippen LogP) is 1.24. The molecule has 0 atom stereocenters. The standard InChI is InChI=1S/C20H31N5O5S/c1-20(2)18(26)25(13-14-6-10-29-11-7-14)17-16(30-20)12-21-19(23-17)22-15-4-8-24(9-5-15)31(3,27)28/h12,14-15H,4-11,13H2,1-3H3,(H,21,22,23). The topological polar surface area (TPSA) is 114 Å². The van der Waals surface area contributed by atoms with E-state index < -0.39 is 15.6 Å². The summed E-state index contributed by atoms with van der Waals surface area (Å²) < 4.78 is 36.3. The Balaban J connectivity index is 1.51. The van der Waals surface area contributed by atoms with Crippen LogP contribution in [0.5, 0.6) is 5.75 Å². The molecule has 1 aromatic heterocycles. The number of carbonyl (C=O) groups excluding carboxylic acids is 1. The van der Waals surface area contributed by atoms with Gasteiger partial charge in [0.1, 0.15) is 0 Å². The van der Waals surface area contributed by atoms with Crippen molar-refractivity contribution in [2.24, 2.45) is 5.92 Å². The third-order valence-corrected chi connectivity index (χ3v) is 7.46. The molecule has 0 unspecified atom stereocenters. The largest absolute Gasteiger partial charge is 0.472 e. The van der Waals surface area contributed by atoms with E-state index in [1.54, 1.807) is 24.9 Å². The maximum Gasteiger partial charge on any atom is 0.271 e. The van der Waals surface area contributed by atoms with Gasteiger partial charge in [0.2, 0.25) is 16.0 Å². The monoisotopic (exact) mass is 453 g/mol. The van der Waals surface area contributed by atoms with Crippen molar-refractivity contribution >= 4 is 27.7 Å². The lowest BCUT2D eigenvalue weighted by Gasteiger charge is -2.39. The first-order valence-electron chi connectivity index (χ1n) is 10.8. The van der Waals surface area contributed by atoms with Crippen LogP contribution in [-0.4, -0.2) is 79.3 Å². The third-order valence-electron chi connectivity index (χ3n) is 6.16. The minimum atomic E-state index is -3.17. The van der Waals surface area contributed by atoms with Gasteiger partial charge in [-0.15, -0.1) is 0 Å². The van der Waals surface area contributed by atoms with Gasteiger partial charge in [0.25, 0.3) is 5.91 Å². The summed E-state index contributed by atoms with van der Waals surface area (Å²) in [7, 11) is -3.17. The molecule has 0 bridgehead atoms. The van der Waals surface area contributed by atoms with E-state index in [0.29, 0.717) is 69.1 Å². The Kier molecular flexibility index (Phi) is 6.10. The highest BCUT2D eigenvalue weighted by Gasteiger charge is 2.43.